The molecule has 1 aromatic rings. The van der Waals surface area contributed by atoms with Gasteiger partial charge in [-0.25, -0.2) is 0 Å². The Morgan fingerprint density at radius 3 is 2.45 bits per heavy atom. The molecule has 1 spiro atoms. The fourth-order valence-electron chi connectivity index (χ4n) is 6.24. The van der Waals surface area contributed by atoms with E-state index in [1.807, 2.05) is 13.0 Å². The molecule has 8 heteroatoms. The minimum atomic E-state index is -1.41. The number of aliphatic hydroxyl groups excluding tert-OH is 1. The van der Waals surface area contributed by atoms with E-state index in [0.29, 0.717) is 16.3 Å². The van der Waals surface area contributed by atoms with Crippen LogP contribution in [0, 0.1) is 18.8 Å². The number of aliphatic hydroxyl groups is 1. The molecule has 4 aliphatic rings. The van der Waals surface area contributed by atoms with Crippen LogP contribution in [0.1, 0.15) is 56.6 Å². The summed E-state index contributed by atoms with van der Waals surface area (Å²) < 4.78 is 0. The van der Waals surface area contributed by atoms with Crippen molar-refractivity contribution in [3.8, 4) is 0 Å². The molecule has 31 heavy (non-hydrogen) atoms. The molecule has 1 aliphatic carbocycles. The van der Waals surface area contributed by atoms with E-state index in [2.05, 4.69) is 10.6 Å². The molecule has 3 fully saturated rings. The van der Waals surface area contributed by atoms with Crippen molar-refractivity contribution in [1.82, 2.24) is 10.2 Å². The highest BCUT2D eigenvalue weighted by atomic mass is 35.5. The van der Waals surface area contributed by atoms with E-state index in [9.17, 15) is 19.5 Å². The summed E-state index contributed by atoms with van der Waals surface area (Å²) in [7, 11) is 0. The quantitative estimate of drug-likeness (QED) is 0.480. The first-order valence-corrected chi connectivity index (χ1v) is 11.6. The fraction of sp³-hybridized carbons (Fsp3) is 0.609. The number of amides is 3. The molecule has 1 saturated carbocycles. The summed E-state index contributed by atoms with van der Waals surface area (Å²) >= 11 is 6.42. The minimum absolute atomic E-state index is 0.134. The third-order valence-corrected chi connectivity index (χ3v) is 7.90. The van der Waals surface area contributed by atoms with Crippen LogP contribution in [0.3, 0.4) is 0 Å². The van der Waals surface area contributed by atoms with E-state index in [-0.39, 0.29) is 17.9 Å². The smallest absolute Gasteiger partial charge is 0.250 e. The lowest BCUT2D eigenvalue weighted by atomic mass is 9.76. The van der Waals surface area contributed by atoms with Crippen molar-refractivity contribution in [1.29, 1.82) is 0 Å². The molecule has 7 nitrogen and oxygen atoms in total. The van der Waals surface area contributed by atoms with Gasteiger partial charge in [0, 0.05) is 17.6 Å². The van der Waals surface area contributed by atoms with Crippen molar-refractivity contribution in [2.75, 3.05) is 5.32 Å². The first kappa shape index (κ1) is 20.9. The van der Waals surface area contributed by atoms with Crippen LogP contribution in [-0.4, -0.2) is 45.9 Å². The summed E-state index contributed by atoms with van der Waals surface area (Å²) in [4.78, 5) is 42.3. The number of rotatable bonds is 2. The van der Waals surface area contributed by atoms with E-state index in [4.69, 9.17) is 11.6 Å². The summed E-state index contributed by atoms with van der Waals surface area (Å²) in [5.41, 5.74) is 0.507. The Balaban J connectivity index is 1.65. The maximum Gasteiger partial charge on any atom is 0.250 e. The van der Waals surface area contributed by atoms with Crippen molar-refractivity contribution >= 4 is 35.0 Å². The number of imide groups is 1. The van der Waals surface area contributed by atoms with Crippen LogP contribution in [0.2, 0.25) is 5.02 Å². The highest BCUT2D eigenvalue weighted by Crippen LogP contribution is 2.55. The van der Waals surface area contributed by atoms with Gasteiger partial charge in [-0.15, -0.1) is 0 Å². The van der Waals surface area contributed by atoms with E-state index < -0.39 is 35.4 Å². The molecule has 166 valence electrons. The van der Waals surface area contributed by atoms with Crippen LogP contribution in [0.25, 0.3) is 0 Å². The molecule has 0 aromatic heterocycles. The van der Waals surface area contributed by atoms with E-state index in [1.54, 1.807) is 13.0 Å². The van der Waals surface area contributed by atoms with Crippen LogP contribution in [-0.2, 0) is 19.9 Å². The Kier molecular flexibility index (Phi) is 4.92. The van der Waals surface area contributed by atoms with Gasteiger partial charge in [0.1, 0.15) is 5.54 Å². The molecule has 3 amide bonds. The number of carbonyl (C=O) groups excluding carboxylic acids is 3. The van der Waals surface area contributed by atoms with Crippen LogP contribution in [0.4, 0.5) is 5.69 Å². The zero-order chi connectivity index (χ0) is 22.1. The molecule has 2 saturated heterocycles. The number of nitrogens with one attached hydrogen (secondary N) is 2. The molecule has 5 rings (SSSR count). The van der Waals surface area contributed by atoms with Gasteiger partial charge in [0.2, 0.25) is 17.7 Å². The lowest BCUT2D eigenvalue weighted by Crippen LogP contribution is -2.55. The molecule has 3 N–H and O–H groups in total. The van der Waals surface area contributed by atoms with Gasteiger partial charge in [0.05, 0.1) is 28.6 Å². The number of carbonyl (C=O) groups is 3. The molecule has 0 radical (unpaired) electrons. The second-order valence-corrected chi connectivity index (χ2v) is 9.94. The van der Waals surface area contributed by atoms with Gasteiger partial charge in [-0.05, 0) is 38.3 Å². The maximum absolute atomic E-state index is 13.8. The molecule has 3 aliphatic heterocycles. The minimum Gasteiger partial charge on any atom is -0.392 e. The normalized spacial score (nSPS) is 34.1. The topological polar surface area (TPSA) is 98.7 Å². The zero-order valence-corrected chi connectivity index (χ0v) is 18.5. The number of aryl methyl sites for hydroxylation is 1. The van der Waals surface area contributed by atoms with Crippen molar-refractivity contribution in [2.45, 2.75) is 76.1 Å². The summed E-state index contributed by atoms with van der Waals surface area (Å²) in [6.45, 7) is 3.47. The van der Waals surface area contributed by atoms with Gasteiger partial charge in [-0.2, -0.15) is 0 Å². The number of fused-ring (bicyclic) bond motifs is 4. The number of benzene rings is 1. The Morgan fingerprint density at radius 1 is 1.13 bits per heavy atom. The number of halogens is 1. The zero-order valence-electron chi connectivity index (χ0n) is 17.8. The van der Waals surface area contributed by atoms with Crippen LogP contribution >= 0.6 is 11.6 Å². The van der Waals surface area contributed by atoms with Crippen molar-refractivity contribution in [3.05, 3.63) is 28.3 Å². The van der Waals surface area contributed by atoms with Crippen LogP contribution < -0.4 is 10.6 Å². The van der Waals surface area contributed by atoms with Crippen molar-refractivity contribution in [2.24, 2.45) is 11.8 Å². The van der Waals surface area contributed by atoms with Crippen LogP contribution in [0.15, 0.2) is 12.1 Å². The van der Waals surface area contributed by atoms with Crippen molar-refractivity contribution < 1.29 is 19.5 Å². The molecule has 0 unspecified atom stereocenters. The lowest BCUT2D eigenvalue weighted by Gasteiger charge is -2.32. The summed E-state index contributed by atoms with van der Waals surface area (Å²) in [5, 5.41) is 17.0. The second kappa shape index (κ2) is 7.29. The Labute approximate surface area is 186 Å². The Morgan fingerprint density at radius 2 is 1.81 bits per heavy atom. The standard InChI is InChI=1S/C23H28ClN3O4/c1-11-9-14-19(15(24)10-11)25-22(31)23(14)17-16(18(26-23)12(2)28)20(29)27(21(17)30)13-7-5-3-4-6-8-13/h9-10,12-13,16-18,26,28H,3-8H2,1-2H3,(H,25,31)/t12-,16-,17-,18+,23-/m0/s1. The van der Waals surface area contributed by atoms with Gasteiger partial charge in [0.25, 0.3) is 0 Å². The first-order valence-electron chi connectivity index (χ1n) is 11.2. The molecule has 0 bridgehead atoms. The predicted octanol–water partition coefficient (Wildman–Crippen LogP) is 2.47. The molecular weight excluding hydrogens is 418 g/mol. The lowest BCUT2D eigenvalue weighted by molar-refractivity contribution is -0.146. The third-order valence-electron chi connectivity index (χ3n) is 7.60. The largest absolute Gasteiger partial charge is 0.392 e. The number of hydrogen-bond donors (Lipinski definition) is 3. The van der Waals surface area contributed by atoms with E-state index in [1.165, 1.54) is 4.90 Å². The molecular formula is C23H28ClN3O4. The summed E-state index contributed by atoms with van der Waals surface area (Å²) in [5.74, 6) is -2.65. The van der Waals surface area contributed by atoms with E-state index >= 15 is 0 Å². The number of anilines is 1. The van der Waals surface area contributed by atoms with E-state index in [0.717, 1.165) is 44.1 Å². The highest BCUT2D eigenvalue weighted by molar-refractivity contribution is 6.35. The summed E-state index contributed by atoms with van der Waals surface area (Å²) in [6, 6.07) is 2.77. The van der Waals surface area contributed by atoms with Crippen LogP contribution in [0.5, 0.6) is 0 Å². The monoisotopic (exact) mass is 445 g/mol. The number of nitrogens with zero attached hydrogens (tertiary/aromatic N) is 1. The van der Waals surface area contributed by atoms with Crippen molar-refractivity contribution in [3.63, 3.8) is 0 Å². The third kappa shape index (κ3) is 2.82. The Hall–Kier alpha value is -1.96. The molecule has 3 heterocycles. The highest BCUT2D eigenvalue weighted by Gasteiger charge is 2.71. The Bertz CT molecular complexity index is 972. The average Bonchev–Trinajstić information content (AvgIpc) is 3.18. The predicted molar refractivity (Wildman–Crippen MR) is 115 cm³/mol. The maximum atomic E-state index is 13.8. The summed E-state index contributed by atoms with van der Waals surface area (Å²) in [6.07, 6.45) is 4.87. The molecule has 1 aromatic carbocycles. The van der Waals surface area contributed by atoms with Gasteiger partial charge < -0.3 is 10.4 Å². The SMILES string of the molecule is Cc1cc(Cl)c2c(c1)[C@@]1(N[C@H]([C@H](C)O)[C@H]3C(=O)N(C4CCCCCC4)C(=O)[C@H]31)C(=O)N2. The van der Waals surface area contributed by atoms with Gasteiger partial charge in [-0.1, -0.05) is 43.4 Å². The first-order chi connectivity index (χ1) is 14.8. The average molecular weight is 446 g/mol. The fourth-order valence-corrected chi connectivity index (χ4v) is 6.56. The van der Waals surface area contributed by atoms with Gasteiger partial charge in [-0.3, -0.25) is 24.6 Å². The molecule has 5 atom stereocenters. The number of hydrogen-bond acceptors (Lipinski definition) is 5. The number of likely N-dealkylation sites (tertiary alicyclic amines) is 1. The van der Waals surface area contributed by atoms with Gasteiger partial charge >= 0.3 is 0 Å². The second-order valence-electron chi connectivity index (χ2n) is 9.54. The van der Waals surface area contributed by atoms with Gasteiger partial charge in [0.15, 0.2) is 0 Å².